The molecule has 1 unspecified atom stereocenters. The van der Waals surface area contributed by atoms with Crippen molar-refractivity contribution in [3.63, 3.8) is 0 Å². The second kappa shape index (κ2) is 7.35. The first kappa shape index (κ1) is 22.9. The normalized spacial score (nSPS) is 23.4. The van der Waals surface area contributed by atoms with Gasteiger partial charge in [0.1, 0.15) is 0 Å². The Morgan fingerprint density at radius 3 is 1.71 bits per heavy atom. The molecule has 1 aliphatic rings. The summed E-state index contributed by atoms with van der Waals surface area (Å²) >= 11 is 0. The Morgan fingerprint density at radius 2 is 1.47 bits per heavy atom. The van der Waals surface area contributed by atoms with Crippen molar-refractivity contribution < 1.29 is 21.7 Å². The molecule has 0 bridgehead atoms. The largest absolute Gasteiger partial charge is 0.317 e. The Labute approximate surface area is 134 Å². The fourth-order valence-electron chi connectivity index (χ4n) is 2.09. The van der Waals surface area contributed by atoms with E-state index < -0.39 is 0 Å². The van der Waals surface area contributed by atoms with E-state index in [4.69, 9.17) is 0 Å². The molecule has 1 atom stereocenters. The molecule has 0 aromatic rings. The van der Waals surface area contributed by atoms with Crippen LogP contribution < -0.4 is 5.32 Å². The monoisotopic (exact) mass is 312 g/mol. The number of nitrogens with one attached hydrogen (secondary N) is 1. The van der Waals surface area contributed by atoms with Crippen LogP contribution in [0, 0.1) is 6.08 Å². The quantitative estimate of drug-likeness (QED) is 0.568. The Morgan fingerprint density at radius 1 is 1.06 bits per heavy atom. The molecule has 0 saturated carbocycles. The van der Waals surface area contributed by atoms with Gasteiger partial charge in [-0.2, -0.15) is 5.57 Å². The average Bonchev–Trinajstić information content (AvgIpc) is 2.11. The van der Waals surface area contributed by atoms with Crippen molar-refractivity contribution >= 4 is 24.8 Å². The van der Waals surface area contributed by atoms with Crippen LogP contribution in [0.4, 0.5) is 0 Å². The van der Waals surface area contributed by atoms with Gasteiger partial charge in [-0.1, -0.05) is 20.8 Å². The number of rotatable bonds is 1. The minimum Gasteiger partial charge on any atom is -0.317 e. The molecule has 0 amide bonds. The van der Waals surface area contributed by atoms with Gasteiger partial charge in [0, 0.05) is 27.3 Å². The van der Waals surface area contributed by atoms with E-state index >= 15 is 0 Å². The molecule has 0 radical (unpaired) electrons. The van der Waals surface area contributed by atoms with Crippen LogP contribution in [-0.2, 0) is 21.7 Å². The first-order valence-corrected chi connectivity index (χ1v) is 5.25. The van der Waals surface area contributed by atoms with Crippen LogP contribution in [0.15, 0.2) is 16.7 Å². The van der Waals surface area contributed by atoms with E-state index in [1.54, 1.807) is 0 Å². The second-order valence-corrected chi connectivity index (χ2v) is 5.50. The summed E-state index contributed by atoms with van der Waals surface area (Å²) in [6.45, 7) is 15.3. The van der Waals surface area contributed by atoms with Gasteiger partial charge in [0.05, 0.1) is 0 Å². The molecule has 0 saturated heterocycles. The number of halogens is 2. The number of hydrogen-bond donors (Lipinski definition) is 1. The molecule has 0 fully saturated rings. The van der Waals surface area contributed by atoms with E-state index in [2.05, 4.69) is 59.9 Å². The SMILES string of the molecule is CC1=[C-]C(C)(NC(C)(C)C)C(C)=C1C.Cl.Cl.[Ti]. The van der Waals surface area contributed by atoms with Crippen LogP contribution in [0.2, 0.25) is 0 Å². The van der Waals surface area contributed by atoms with Gasteiger partial charge in [0.15, 0.2) is 0 Å². The third-order valence-corrected chi connectivity index (χ3v) is 2.94. The van der Waals surface area contributed by atoms with Gasteiger partial charge in [-0.25, -0.2) is 11.6 Å². The average molecular weight is 313 g/mol. The van der Waals surface area contributed by atoms with Crippen molar-refractivity contribution in [2.45, 2.75) is 59.5 Å². The summed E-state index contributed by atoms with van der Waals surface area (Å²) in [5.74, 6) is 0. The maximum atomic E-state index is 3.62. The summed E-state index contributed by atoms with van der Waals surface area (Å²) in [6.07, 6.45) is 3.52. The summed E-state index contributed by atoms with van der Waals surface area (Å²) in [7, 11) is 0. The molecule has 1 aliphatic carbocycles. The van der Waals surface area contributed by atoms with E-state index in [-0.39, 0.29) is 57.6 Å². The third-order valence-electron chi connectivity index (χ3n) is 2.94. The minimum atomic E-state index is -0.0770. The van der Waals surface area contributed by atoms with Crippen molar-refractivity contribution in [1.82, 2.24) is 5.32 Å². The van der Waals surface area contributed by atoms with E-state index in [0.29, 0.717) is 0 Å². The Hall–Kier alpha value is 0.734. The first-order valence-electron chi connectivity index (χ1n) is 5.25. The predicted octanol–water partition coefficient (Wildman–Crippen LogP) is 4.07. The molecule has 0 heterocycles. The summed E-state index contributed by atoms with van der Waals surface area (Å²) in [5.41, 5.74) is 4.09. The molecule has 4 heteroatoms. The van der Waals surface area contributed by atoms with Gasteiger partial charge in [-0.3, -0.25) is 0 Å². The van der Waals surface area contributed by atoms with E-state index in [1.165, 1.54) is 16.7 Å². The summed E-state index contributed by atoms with van der Waals surface area (Å²) in [5, 5.41) is 3.62. The summed E-state index contributed by atoms with van der Waals surface area (Å²) in [6, 6.07) is 0. The zero-order chi connectivity index (χ0) is 11.1. The van der Waals surface area contributed by atoms with Crippen LogP contribution in [0.25, 0.3) is 0 Å². The van der Waals surface area contributed by atoms with Crippen molar-refractivity contribution in [1.29, 1.82) is 0 Å². The van der Waals surface area contributed by atoms with Gasteiger partial charge >= 0.3 is 0 Å². The van der Waals surface area contributed by atoms with Crippen molar-refractivity contribution in [3.8, 4) is 0 Å². The second-order valence-electron chi connectivity index (χ2n) is 5.50. The van der Waals surface area contributed by atoms with E-state index in [0.717, 1.165) is 0 Å². The minimum absolute atomic E-state index is 0. The maximum absolute atomic E-state index is 3.62. The Balaban J connectivity index is -0.000000653. The van der Waals surface area contributed by atoms with Gasteiger partial charge < -0.3 is 5.32 Å². The van der Waals surface area contributed by atoms with Gasteiger partial charge in [-0.15, -0.1) is 37.3 Å². The number of hydrogen-bond acceptors (Lipinski definition) is 1. The van der Waals surface area contributed by atoms with Crippen LogP contribution in [0.3, 0.4) is 0 Å². The smallest absolute Gasteiger partial charge is 0.00919 e. The maximum Gasteiger partial charge on any atom is 0.00919 e. The van der Waals surface area contributed by atoms with Crippen molar-refractivity contribution in [2.24, 2.45) is 0 Å². The molecular formula is C13H24Cl2NTi-. The molecule has 17 heavy (non-hydrogen) atoms. The fourth-order valence-corrected chi connectivity index (χ4v) is 2.09. The van der Waals surface area contributed by atoms with Gasteiger partial charge in [-0.05, 0) is 26.3 Å². The predicted molar refractivity (Wildman–Crippen MR) is 76.6 cm³/mol. The van der Waals surface area contributed by atoms with Crippen LogP contribution >= 0.6 is 24.8 Å². The van der Waals surface area contributed by atoms with Crippen LogP contribution in [-0.4, -0.2) is 11.1 Å². The number of allylic oxidation sites excluding steroid dienone is 2. The molecule has 0 aliphatic heterocycles. The summed E-state index contributed by atoms with van der Waals surface area (Å²) < 4.78 is 0. The zero-order valence-corrected chi connectivity index (χ0v) is 15.0. The van der Waals surface area contributed by atoms with Gasteiger partial charge in [0.2, 0.25) is 0 Å². The van der Waals surface area contributed by atoms with E-state index in [1.807, 2.05) is 0 Å². The Bertz CT molecular complexity index is 316. The molecule has 1 N–H and O–H groups in total. The topological polar surface area (TPSA) is 12.0 Å². The first-order chi connectivity index (χ1) is 6.16. The van der Waals surface area contributed by atoms with Crippen LogP contribution in [0.5, 0.6) is 0 Å². The molecule has 0 aromatic heterocycles. The molecule has 100 valence electrons. The molecule has 0 spiro atoms. The van der Waals surface area contributed by atoms with E-state index in [9.17, 15) is 0 Å². The summed E-state index contributed by atoms with van der Waals surface area (Å²) in [4.78, 5) is 0. The standard InChI is InChI=1S/C13H22N.2ClH.Ti/c1-9-8-13(7,11(3)10(9)2)14-12(4,5)6;;;/h14H,1-7H3;2*1H;/q-1;;;. The molecular weight excluding hydrogens is 289 g/mol. The van der Waals surface area contributed by atoms with Crippen LogP contribution in [0.1, 0.15) is 48.5 Å². The fraction of sp³-hybridized carbons (Fsp3) is 0.692. The molecule has 1 nitrogen and oxygen atoms in total. The molecule has 1 rings (SSSR count). The molecule has 0 aromatic carbocycles. The van der Waals surface area contributed by atoms with Crippen molar-refractivity contribution in [2.75, 3.05) is 0 Å². The Kier molecular flexibility index (Phi) is 9.90. The van der Waals surface area contributed by atoms with Crippen molar-refractivity contribution in [3.05, 3.63) is 22.8 Å². The third kappa shape index (κ3) is 5.49. The van der Waals surface area contributed by atoms with Gasteiger partial charge in [0.25, 0.3) is 0 Å². The zero-order valence-electron chi connectivity index (χ0n) is 11.8.